The molecule has 58 valence electrons. The van der Waals surface area contributed by atoms with E-state index in [1.54, 1.807) is 0 Å². The molecule has 0 heterocycles. The third kappa shape index (κ3) is 7.70. The summed E-state index contributed by atoms with van der Waals surface area (Å²) in [5, 5.41) is 8.03. The highest BCUT2D eigenvalue weighted by Crippen LogP contribution is 1.79. The quantitative estimate of drug-likeness (QED) is 0.429. The molecule has 10 heavy (non-hydrogen) atoms. The number of halogens is 1. The van der Waals surface area contributed by atoms with Crippen LogP contribution in [0.4, 0.5) is 0 Å². The molecule has 0 aromatic rings. The molecule has 0 aliphatic rings. The molecule has 0 amide bonds. The molecule has 4 heteroatoms. The summed E-state index contributed by atoms with van der Waals surface area (Å²) in [6.07, 6.45) is 0. The summed E-state index contributed by atoms with van der Waals surface area (Å²) < 4.78 is 9.76. The number of nitrogens with zero attached hydrogens (tertiary/aromatic N) is 1. The van der Waals surface area contributed by atoms with Gasteiger partial charge in [0, 0.05) is 5.88 Å². The average molecular weight is 164 g/mol. The van der Waals surface area contributed by atoms with Gasteiger partial charge in [0.1, 0.15) is 6.61 Å². The fourth-order valence-corrected chi connectivity index (χ4v) is 0.501. The van der Waals surface area contributed by atoms with Crippen LogP contribution in [0.1, 0.15) is 0 Å². The van der Waals surface area contributed by atoms with Crippen molar-refractivity contribution in [2.45, 2.75) is 0 Å². The Bertz CT molecular complexity index is 102. The number of hydrogen-bond donors (Lipinski definition) is 0. The predicted molar refractivity (Wildman–Crippen MR) is 38.0 cm³/mol. The Kier molecular flexibility index (Phi) is 8.44. The third-order valence-corrected chi connectivity index (χ3v) is 0.914. The number of nitriles is 1. The van der Waals surface area contributed by atoms with E-state index in [-0.39, 0.29) is 6.61 Å². The van der Waals surface area contributed by atoms with Crippen LogP contribution in [0.5, 0.6) is 0 Å². The molecule has 0 saturated heterocycles. The van der Waals surface area contributed by atoms with Crippen molar-refractivity contribution in [3.05, 3.63) is 0 Å². The van der Waals surface area contributed by atoms with E-state index in [2.05, 4.69) is 0 Å². The van der Waals surface area contributed by atoms with Crippen molar-refractivity contribution in [1.82, 2.24) is 0 Å². The lowest BCUT2D eigenvalue weighted by molar-refractivity contribution is 0.0667. The molecular weight excluding hydrogens is 154 g/mol. The third-order valence-electron chi connectivity index (χ3n) is 0.760. The highest BCUT2D eigenvalue weighted by Gasteiger charge is 1.86. The lowest BCUT2D eigenvalue weighted by Crippen LogP contribution is -2.05. The molecule has 0 spiro atoms. The van der Waals surface area contributed by atoms with Crippen LogP contribution in [0, 0.1) is 11.3 Å². The van der Waals surface area contributed by atoms with Gasteiger partial charge in [0.2, 0.25) is 0 Å². The summed E-state index contributed by atoms with van der Waals surface area (Å²) in [5.74, 6) is 0.498. The van der Waals surface area contributed by atoms with Crippen molar-refractivity contribution in [2.24, 2.45) is 0 Å². The van der Waals surface area contributed by atoms with Gasteiger partial charge in [0.05, 0.1) is 25.9 Å². The Balaban J connectivity index is 2.72. The van der Waals surface area contributed by atoms with E-state index in [0.29, 0.717) is 25.7 Å². The van der Waals surface area contributed by atoms with E-state index in [4.69, 9.17) is 26.3 Å². The van der Waals surface area contributed by atoms with Gasteiger partial charge in [-0.2, -0.15) is 5.26 Å². The van der Waals surface area contributed by atoms with E-state index in [1.807, 2.05) is 6.07 Å². The van der Waals surface area contributed by atoms with Gasteiger partial charge < -0.3 is 9.47 Å². The van der Waals surface area contributed by atoms with Crippen LogP contribution in [0.3, 0.4) is 0 Å². The summed E-state index contributed by atoms with van der Waals surface area (Å²) >= 11 is 5.32. The van der Waals surface area contributed by atoms with E-state index >= 15 is 0 Å². The first-order chi connectivity index (χ1) is 4.91. The van der Waals surface area contributed by atoms with Gasteiger partial charge in [-0.3, -0.25) is 0 Å². The maximum atomic E-state index is 8.03. The van der Waals surface area contributed by atoms with Gasteiger partial charge in [-0.1, -0.05) is 0 Å². The maximum absolute atomic E-state index is 8.03. The second-order valence-electron chi connectivity index (χ2n) is 1.51. The minimum Gasteiger partial charge on any atom is -0.378 e. The number of rotatable bonds is 6. The van der Waals surface area contributed by atoms with Crippen molar-refractivity contribution in [3.63, 3.8) is 0 Å². The molecule has 0 atom stereocenters. The van der Waals surface area contributed by atoms with Crippen molar-refractivity contribution in [1.29, 1.82) is 5.26 Å². The van der Waals surface area contributed by atoms with Crippen LogP contribution in [-0.2, 0) is 9.47 Å². The van der Waals surface area contributed by atoms with E-state index in [0.717, 1.165) is 0 Å². The number of alkyl halides is 1. The molecule has 0 N–H and O–H groups in total. The van der Waals surface area contributed by atoms with Gasteiger partial charge in [0.25, 0.3) is 0 Å². The second-order valence-corrected chi connectivity index (χ2v) is 1.89. The molecule has 0 aliphatic heterocycles. The maximum Gasteiger partial charge on any atom is 0.133 e. The van der Waals surface area contributed by atoms with Crippen molar-refractivity contribution in [3.8, 4) is 6.07 Å². The summed E-state index contributed by atoms with van der Waals surface area (Å²) in [7, 11) is 0. The van der Waals surface area contributed by atoms with Crippen LogP contribution in [0.25, 0.3) is 0 Å². The Morgan fingerprint density at radius 1 is 1.20 bits per heavy atom. The molecule has 0 aromatic heterocycles. The Morgan fingerprint density at radius 3 is 2.50 bits per heavy atom. The van der Waals surface area contributed by atoms with Gasteiger partial charge in [-0.25, -0.2) is 0 Å². The minimum absolute atomic E-state index is 0.129. The monoisotopic (exact) mass is 163 g/mol. The molecule has 0 aromatic carbocycles. The fourth-order valence-electron chi connectivity index (χ4n) is 0.392. The number of ether oxygens (including phenoxy) is 2. The standard InChI is InChI=1S/C6H10ClNO2/c7-1-3-9-5-6-10-4-2-8/h1,3-6H2. The molecule has 3 nitrogen and oxygen atoms in total. The molecule has 0 bridgehead atoms. The van der Waals surface area contributed by atoms with E-state index in [1.165, 1.54) is 0 Å². The molecular formula is C6H10ClNO2. The Labute approximate surface area is 65.5 Å². The molecule has 0 rings (SSSR count). The summed E-state index contributed by atoms with van der Waals surface area (Å²) in [4.78, 5) is 0. The highest BCUT2D eigenvalue weighted by atomic mass is 35.5. The Hall–Kier alpha value is -0.300. The van der Waals surface area contributed by atoms with Crippen LogP contribution in [0.15, 0.2) is 0 Å². The lowest BCUT2D eigenvalue weighted by atomic mass is 10.7. The molecule has 0 unspecified atom stereocenters. The molecule has 0 saturated carbocycles. The zero-order chi connectivity index (χ0) is 7.66. The van der Waals surface area contributed by atoms with Crippen LogP contribution in [0.2, 0.25) is 0 Å². The highest BCUT2D eigenvalue weighted by molar-refractivity contribution is 6.17. The first-order valence-corrected chi connectivity index (χ1v) is 3.53. The predicted octanol–water partition coefficient (Wildman–Crippen LogP) is 0.782. The SMILES string of the molecule is N#CCOCCOCCCl. The van der Waals surface area contributed by atoms with E-state index in [9.17, 15) is 0 Å². The lowest BCUT2D eigenvalue weighted by Gasteiger charge is -1.99. The van der Waals surface area contributed by atoms with Crippen molar-refractivity contribution < 1.29 is 9.47 Å². The van der Waals surface area contributed by atoms with Crippen LogP contribution >= 0.6 is 11.6 Å². The zero-order valence-corrected chi connectivity index (χ0v) is 6.43. The van der Waals surface area contributed by atoms with Gasteiger partial charge in [-0.05, 0) is 0 Å². The zero-order valence-electron chi connectivity index (χ0n) is 5.68. The summed E-state index contributed by atoms with van der Waals surface area (Å²) in [6.45, 7) is 1.64. The first-order valence-electron chi connectivity index (χ1n) is 3.00. The smallest absolute Gasteiger partial charge is 0.133 e. The van der Waals surface area contributed by atoms with Gasteiger partial charge >= 0.3 is 0 Å². The first kappa shape index (κ1) is 9.70. The molecule has 0 aliphatic carbocycles. The normalized spacial score (nSPS) is 9.20. The average Bonchev–Trinajstić information content (AvgIpc) is 1.97. The van der Waals surface area contributed by atoms with Crippen LogP contribution < -0.4 is 0 Å². The molecule has 0 radical (unpaired) electrons. The van der Waals surface area contributed by atoms with E-state index < -0.39 is 0 Å². The minimum atomic E-state index is 0.129. The largest absolute Gasteiger partial charge is 0.378 e. The van der Waals surface area contributed by atoms with Crippen LogP contribution in [-0.4, -0.2) is 32.3 Å². The Morgan fingerprint density at radius 2 is 1.90 bits per heavy atom. The number of hydrogen-bond acceptors (Lipinski definition) is 3. The topological polar surface area (TPSA) is 42.2 Å². The van der Waals surface area contributed by atoms with Gasteiger partial charge in [-0.15, -0.1) is 11.6 Å². The summed E-state index contributed by atoms with van der Waals surface area (Å²) in [5.41, 5.74) is 0. The van der Waals surface area contributed by atoms with Crippen molar-refractivity contribution >= 4 is 11.6 Å². The molecule has 0 fully saturated rings. The van der Waals surface area contributed by atoms with Gasteiger partial charge in [0.15, 0.2) is 0 Å². The summed E-state index contributed by atoms with van der Waals surface area (Å²) in [6, 6.07) is 1.85. The van der Waals surface area contributed by atoms with Crippen molar-refractivity contribution in [2.75, 3.05) is 32.3 Å². The second kappa shape index (κ2) is 8.70. The fraction of sp³-hybridized carbons (Fsp3) is 0.833.